The number of nitrogens with zero attached hydrogens (tertiary/aromatic N) is 2. The number of methoxy groups -OCH3 is 1. The van der Waals surface area contributed by atoms with Crippen molar-refractivity contribution in [2.45, 2.75) is 88.8 Å². The van der Waals surface area contributed by atoms with Gasteiger partial charge in [0, 0.05) is 51.7 Å². The van der Waals surface area contributed by atoms with E-state index in [9.17, 15) is 9.18 Å². The number of ether oxygens (including phenoxy) is 1. The molecule has 2 saturated heterocycles. The molecule has 8 nitrogen and oxygen atoms in total. The maximum absolute atomic E-state index is 14.0. The van der Waals surface area contributed by atoms with E-state index >= 15 is 0 Å². The molecule has 8 atom stereocenters. The third-order valence-electron chi connectivity index (χ3n) is 8.41. The van der Waals surface area contributed by atoms with Crippen LogP contribution < -0.4 is 21.6 Å². The summed E-state index contributed by atoms with van der Waals surface area (Å²) in [6.45, 7) is 4.39. The molecule has 3 fully saturated rings. The highest BCUT2D eigenvalue weighted by atomic mass is 19.1. The Kier molecular flexibility index (Phi) is 8.47. The van der Waals surface area contributed by atoms with E-state index in [0.29, 0.717) is 42.8 Å². The minimum absolute atomic E-state index is 0.0482. The van der Waals surface area contributed by atoms with Crippen LogP contribution in [-0.2, 0) is 23.1 Å². The first-order chi connectivity index (χ1) is 16.3. The molecule has 9 heteroatoms. The minimum atomic E-state index is -0.700. The zero-order chi connectivity index (χ0) is 24.2. The predicted molar refractivity (Wildman–Crippen MR) is 129 cm³/mol. The number of aromatic nitrogens is 2. The van der Waals surface area contributed by atoms with Gasteiger partial charge in [-0.3, -0.25) is 10.2 Å². The van der Waals surface area contributed by atoms with Gasteiger partial charge in [0.25, 0.3) is 0 Å². The lowest BCUT2D eigenvalue weighted by molar-refractivity contribution is -0.125. The Morgan fingerprint density at radius 3 is 2.76 bits per heavy atom. The average Bonchev–Trinajstić information content (AvgIpc) is 3.14. The van der Waals surface area contributed by atoms with E-state index in [4.69, 9.17) is 10.1 Å². The van der Waals surface area contributed by atoms with Crippen LogP contribution in [0.15, 0.2) is 12.4 Å². The van der Waals surface area contributed by atoms with Gasteiger partial charge in [-0.1, -0.05) is 6.92 Å². The fourth-order valence-electron chi connectivity index (χ4n) is 6.40. The van der Waals surface area contributed by atoms with Gasteiger partial charge < -0.3 is 29.8 Å². The highest BCUT2D eigenvalue weighted by molar-refractivity contribution is 5.82. The Balaban J connectivity index is 1.42. The molecular formula is C25H43FN6O2. The molecule has 1 aliphatic carbocycles. The highest BCUT2D eigenvalue weighted by Gasteiger charge is 2.40. The Labute approximate surface area is 202 Å². The minimum Gasteiger partial charge on any atom is -0.381 e. The molecular weight excluding hydrogens is 435 g/mol. The third kappa shape index (κ3) is 6.10. The SMILES string of the molecule is COC1CCNC(CNC(=O)C2CC(Cn3ccn(C)c3=N)CC(C3CCC(F)CC3C)N2)C1. The van der Waals surface area contributed by atoms with Crippen LogP contribution in [0, 0.1) is 23.2 Å². The number of halogens is 1. The van der Waals surface area contributed by atoms with Crippen molar-refractivity contribution in [3.05, 3.63) is 18.0 Å². The van der Waals surface area contributed by atoms with Gasteiger partial charge in [-0.2, -0.15) is 0 Å². The van der Waals surface area contributed by atoms with Crippen LogP contribution in [-0.4, -0.2) is 65.6 Å². The summed E-state index contributed by atoms with van der Waals surface area (Å²) >= 11 is 0. The van der Waals surface area contributed by atoms with Crippen LogP contribution in [0.1, 0.15) is 51.9 Å². The maximum Gasteiger partial charge on any atom is 0.237 e. The molecule has 192 valence electrons. The summed E-state index contributed by atoms with van der Waals surface area (Å²) < 4.78 is 23.3. The number of nitrogens with one attached hydrogen (secondary N) is 4. The Morgan fingerprint density at radius 1 is 1.24 bits per heavy atom. The molecule has 1 aromatic heterocycles. The summed E-state index contributed by atoms with van der Waals surface area (Å²) in [5.74, 6) is 1.02. The molecule has 0 radical (unpaired) electrons. The van der Waals surface area contributed by atoms with Crippen molar-refractivity contribution in [2.24, 2.45) is 24.8 Å². The van der Waals surface area contributed by atoms with Crippen LogP contribution in [0.5, 0.6) is 0 Å². The molecule has 2 aliphatic heterocycles. The Morgan fingerprint density at radius 2 is 2.06 bits per heavy atom. The lowest BCUT2D eigenvalue weighted by atomic mass is 9.71. The van der Waals surface area contributed by atoms with E-state index in [2.05, 4.69) is 22.9 Å². The van der Waals surface area contributed by atoms with Gasteiger partial charge in [0.2, 0.25) is 11.5 Å². The second-order valence-electron chi connectivity index (χ2n) is 10.9. The molecule has 1 saturated carbocycles. The van der Waals surface area contributed by atoms with Crippen molar-refractivity contribution in [1.82, 2.24) is 25.1 Å². The van der Waals surface area contributed by atoms with E-state index < -0.39 is 6.17 Å². The second kappa shape index (κ2) is 11.4. The molecule has 3 aliphatic rings. The molecule has 0 bridgehead atoms. The average molecular weight is 479 g/mol. The number of hydrogen-bond acceptors (Lipinski definition) is 5. The lowest BCUT2D eigenvalue weighted by Crippen LogP contribution is -2.58. The quantitative estimate of drug-likeness (QED) is 0.480. The summed E-state index contributed by atoms with van der Waals surface area (Å²) in [6, 6.07) is 0.156. The second-order valence-corrected chi connectivity index (χ2v) is 10.9. The lowest BCUT2D eigenvalue weighted by Gasteiger charge is -2.43. The maximum atomic E-state index is 14.0. The number of aryl methyl sites for hydroxylation is 1. The number of amides is 1. The van der Waals surface area contributed by atoms with Gasteiger partial charge in [-0.05, 0) is 69.2 Å². The number of carbonyl (C=O) groups excluding carboxylic acids is 1. The highest BCUT2D eigenvalue weighted by Crippen LogP contribution is 2.38. The Bertz CT molecular complexity index is 872. The summed E-state index contributed by atoms with van der Waals surface area (Å²) in [6.07, 6.45) is 9.11. The van der Waals surface area contributed by atoms with Gasteiger partial charge in [0.1, 0.15) is 6.17 Å². The smallest absolute Gasteiger partial charge is 0.237 e. The van der Waals surface area contributed by atoms with Crippen LogP contribution >= 0.6 is 0 Å². The van der Waals surface area contributed by atoms with Gasteiger partial charge in [-0.25, -0.2) is 4.39 Å². The van der Waals surface area contributed by atoms with Crippen LogP contribution in [0.4, 0.5) is 4.39 Å². The van der Waals surface area contributed by atoms with Crippen molar-refractivity contribution in [3.63, 3.8) is 0 Å². The van der Waals surface area contributed by atoms with Crippen molar-refractivity contribution in [2.75, 3.05) is 20.2 Å². The number of carbonyl (C=O) groups is 1. The van der Waals surface area contributed by atoms with E-state index in [0.717, 1.165) is 45.2 Å². The van der Waals surface area contributed by atoms with Gasteiger partial charge in [0.05, 0.1) is 12.1 Å². The fourth-order valence-corrected chi connectivity index (χ4v) is 6.40. The van der Waals surface area contributed by atoms with E-state index in [1.165, 1.54) is 0 Å². The standard InChI is InChI=1S/C25H43FN6O2/c1-16-10-18(26)4-5-21(16)22-11-17(15-32-9-8-31(2)25(32)27)12-23(30-22)24(33)29-14-19-13-20(34-3)6-7-28-19/h8-9,16-23,27-28,30H,4-7,10-15H2,1-3H3,(H,29,33). The number of rotatable bonds is 7. The number of imidazole rings is 1. The Hall–Kier alpha value is -1.71. The molecule has 34 heavy (non-hydrogen) atoms. The summed E-state index contributed by atoms with van der Waals surface area (Å²) in [7, 11) is 3.63. The largest absolute Gasteiger partial charge is 0.381 e. The topological polar surface area (TPSA) is 96.1 Å². The fraction of sp³-hybridized carbons (Fsp3) is 0.840. The molecule has 8 unspecified atom stereocenters. The summed E-state index contributed by atoms with van der Waals surface area (Å²) in [5.41, 5.74) is 0.471. The first kappa shape index (κ1) is 25.4. The van der Waals surface area contributed by atoms with Crippen LogP contribution in [0.3, 0.4) is 0 Å². The van der Waals surface area contributed by atoms with Crippen molar-refractivity contribution in [3.8, 4) is 0 Å². The van der Waals surface area contributed by atoms with Crippen molar-refractivity contribution >= 4 is 5.91 Å². The normalized spacial score (nSPS) is 36.8. The van der Waals surface area contributed by atoms with Crippen LogP contribution in [0.2, 0.25) is 0 Å². The monoisotopic (exact) mass is 478 g/mol. The van der Waals surface area contributed by atoms with E-state index in [1.807, 2.05) is 24.0 Å². The van der Waals surface area contributed by atoms with E-state index in [1.54, 1.807) is 11.7 Å². The molecule has 0 spiro atoms. The number of hydrogen-bond donors (Lipinski definition) is 4. The first-order valence-electron chi connectivity index (χ1n) is 13.0. The molecule has 1 aromatic rings. The van der Waals surface area contributed by atoms with E-state index in [-0.39, 0.29) is 30.1 Å². The number of alkyl halides is 1. The first-order valence-corrected chi connectivity index (χ1v) is 13.0. The molecule has 3 heterocycles. The van der Waals surface area contributed by atoms with Crippen LogP contribution in [0.25, 0.3) is 0 Å². The molecule has 1 amide bonds. The predicted octanol–water partition coefficient (Wildman–Crippen LogP) is 1.70. The van der Waals surface area contributed by atoms with Crippen molar-refractivity contribution in [1.29, 1.82) is 5.41 Å². The van der Waals surface area contributed by atoms with Gasteiger partial charge in [0.15, 0.2) is 0 Å². The third-order valence-corrected chi connectivity index (χ3v) is 8.41. The summed E-state index contributed by atoms with van der Waals surface area (Å²) in [5, 5.41) is 18.6. The van der Waals surface area contributed by atoms with Gasteiger partial charge in [-0.15, -0.1) is 0 Å². The zero-order valence-corrected chi connectivity index (χ0v) is 20.9. The molecule has 4 rings (SSSR count). The summed E-state index contributed by atoms with van der Waals surface area (Å²) in [4.78, 5) is 13.3. The zero-order valence-electron chi connectivity index (χ0n) is 20.9. The number of piperidine rings is 2. The van der Waals surface area contributed by atoms with Gasteiger partial charge >= 0.3 is 0 Å². The van der Waals surface area contributed by atoms with Crippen molar-refractivity contribution < 1.29 is 13.9 Å². The molecule has 4 N–H and O–H groups in total. The molecule has 0 aromatic carbocycles.